The first kappa shape index (κ1) is 25.4. The number of sulfonamides is 1. The first-order chi connectivity index (χ1) is 16.7. The van der Waals surface area contributed by atoms with Crippen LogP contribution in [0.1, 0.15) is 48.5 Å². The van der Waals surface area contributed by atoms with Gasteiger partial charge in [-0.2, -0.15) is 0 Å². The van der Waals surface area contributed by atoms with Crippen LogP contribution < -0.4 is 5.73 Å². The Hall–Kier alpha value is -2.72. The molecule has 1 fully saturated rings. The third kappa shape index (κ3) is 5.59. The molecule has 2 aromatic carbocycles. The summed E-state index contributed by atoms with van der Waals surface area (Å²) < 4.78 is 32.5. The molecule has 1 amide bonds. The lowest BCUT2D eigenvalue weighted by atomic mass is 9.88. The minimum absolute atomic E-state index is 0.0505. The van der Waals surface area contributed by atoms with Crippen LogP contribution in [0.25, 0.3) is 22.0 Å². The zero-order valence-corrected chi connectivity index (χ0v) is 20.9. The number of carbonyl (C=O) groups excluding carboxylic acids is 1. The number of benzene rings is 2. The van der Waals surface area contributed by atoms with Gasteiger partial charge in [0.25, 0.3) is 5.91 Å². The SMILES string of the molecule is CC(O)C(C)OCCS(=O)(=O)N1CCC(c2c[nH]c3c(C(N)=O)cc(-c4ccccc4)cc23)CC1. The number of primary amides is 1. The normalized spacial score (nSPS) is 17.5. The molecule has 2 heterocycles. The first-order valence-electron chi connectivity index (χ1n) is 11.9. The number of nitrogens with two attached hydrogens (primary N) is 1. The molecule has 0 saturated carbocycles. The lowest BCUT2D eigenvalue weighted by Crippen LogP contribution is -2.40. The number of piperidine rings is 1. The fraction of sp³-hybridized carbons (Fsp3) is 0.423. The Morgan fingerprint density at radius 2 is 1.86 bits per heavy atom. The summed E-state index contributed by atoms with van der Waals surface area (Å²) >= 11 is 0. The van der Waals surface area contributed by atoms with Gasteiger partial charge in [-0.05, 0) is 61.4 Å². The summed E-state index contributed by atoms with van der Waals surface area (Å²) in [4.78, 5) is 15.4. The molecule has 1 saturated heterocycles. The number of carbonyl (C=O) groups is 1. The second kappa shape index (κ2) is 10.5. The highest BCUT2D eigenvalue weighted by Gasteiger charge is 2.30. The molecular weight excluding hydrogens is 466 g/mol. The van der Waals surface area contributed by atoms with E-state index in [-0.39, 0.29) is 18.3 Å². The van der Waals surface area contributed by atoms with Crippen LogP contribution in [0.4, 0.5) is 0 Å². The molecule has 35 heavy (non-hydrogen) atoms. The zero-order chi connectivity index (χ0) is 25.2. The van der Waals surface area contributed by atoms with Crippen molar-refractivity contribution in [3.63, 3.8) is 0 Å². The van der Waals surface area contributed by atoms with Gasteiger partial charge in [0.15, 0.2) is 0 Å². The number of H-pyrrole nitrogens is 1. The van der Waals surface area contributed by atoms with Crippen molar-refractivity contribution in [2.75, 3.05) is 25.4 Å². The van der Waals surface area contributed by atoms with Gasteiger partial charge in [0, 0.05) is 24.7 Å². The van der Waals surface area contributed by atoms with Crippen molar-refractivity contribution in [2.24, 2.45) is 5.73 Å². The van der Waals surface area contributed by atoms with E-state index in [9.17, 15) is 18.3 Å². The summed E-state index contributed by atoms with van der Waals surface area (Å²) in [7, 11) is -3.44. The van der Waals surface area contributed by atoms with Crippen molar-refractivity contribution < 1.29 is 23.1 Å². The maximum Gasteiger partial charge on any atom is 0.250 e. The highest BCUT2D eigenvalue weighted by molar-refractivity contribution is 7.89. The summed E-state index contributed by atoms with van der Waals surface area (Å²) in [6.07, 6.45) is 2.22. The smallest absolute Gasteiger partial charge is 0.250 e. The minimum atomic E-state index is -3.44. The second-order valence-corrected chi connectivity index (χ2v) is 11.3. The molecule has 1 aromatic heterocycles. The summed E-state index contributed by atoms with van der Waals surface area (Å²) in [6.45, 7) is 4.23. The van der Waals surface area contributed by atoms with E-state index in [4.69, 9.17) is 10.5 Å². The van der Waals surface area contributed by atoms with Gasteiger partial charge in [0.2, 0.25) is 10.0 Å². The average Bonchev–Trinajstić information content (AvgIpc) is 3.27. The molecule has 0 aliphatic carbocycles. The Morgan fingerprint density at radius 1 is 1.17 bits per heavy atom. The molecule has 0 radical (unpaired) electrons. The molecule has 4 N–H and O–H groups in total. The number of amides is 1. The lowest BCUT2D eigenvalue weighted by Gasteiger charge is -2.31. The van der Waals surface area contributed by atoms with Crippen molar-refractivity contribution in [2.45, 2.75) is 44.8 Å². The fourth-order valence-electron chi connectivity index (χ4n) is 4.63. The van der Waals surface area contributed by atoms with Gasteiger partial charge >= 0.3 is 0 Å². The summed E-state index contributed by atoms with van der Waals surface area (Å²) in [5, 5.41) is 10.5. The topological polar surface area (TPSA) is 126 Å². The summed E-state index contributed by atoms with van der Waals surface area (Å²) in [5.74, 6) is -0.438. The van der Waals surface area contributed by atoms with E-state index in [0.717, 1.165) is 22.1 Å². The minimum Gasteiger partial charge on any atom is -0.391 e. The molecule has 2 atom stereocenters. The van der Waals surface area contributed by atoms with E-state index in [0.29, 0.717) is 37.0 Å². The lowest BCUT2D eigenvalue weighted by molar-refractivity contribution is -0.0120. The standard InChI is InChI=1S/C26H33N3O5S/c1-17(30)18(2)34-12-13-35(32,33)29-10-8-20(9-11-29)24-16-28-25-22(24)14-21(15-23(25)26(27)31)19-6-4-3-5-7-19/h3-7,14-18,20,28,30H,8-13H2,1-2H3,(H2,27,31). The molecule has 0 bridgehead atoms. The van der Waals surface area contributed by atoms with E-state index in [1.807, 2.05) is 42.6 Å². The Bertz CT molecular complexity index is 1280. The Balaban J connectivity index is 1.51. The summed E-state index contributed by atoms with van der Waals surface area (Å²) in [6, 6.07) is 13.7. The van der Waals surface area contributed by atoms with Gasteiger partial charge in [-0.1, -0.05) is 30.3 Å². The van der Waals surface area contributed by atoms with Crippen LogP contribution in [0.15, 0.2) is 48.7 Å². The van der Waals surface area contributed by atoms with Crippen molar-refractivity contribution in [1.82, 2.24) is 9.29 Å². The number of aliphatic hydroxyl groups excluding tert-OH is 1. The largest absolute Gasteiger partial charge is 0.391 e. The van der Waals surface area contributed by atoms with E-state index in [1.54, 1.807) is 13.8 Å². The van der Waals surface area contributed by atoms with Gasteiger partial charge in [-0.25, -0.2) is 12.7 Å². The second-order valence-electron chi connectivity index (χ2n) is 9.23. The van der Waals surface area contributed by atoms with Gasteiger partial charge < -0.3 is 20.6 Å². The first-order valence-corrected chi connectivity index (χ1v) is 13.6. The van der Waals surface area contributed by atoms with Crippen molar-refractivity contribution >= 4 is 26.8 Å². The Labute approximate surface area is 206 Å². The maximum atomic E-state index is 12.8. The molecule has 8 nitrogen and oxygen atoms in total. The quantitative estimate of drug-likeness (QED) is 0.417. The predicted octanol–water partition coefficient (Wildman–Crippen LogP) is 3.23. The molecule has 4 rings (SSSR count). The number of ether oxygens (including phenoxy) is 1. The molecule has 2 unspecified atom stereocenters. The number of aromatic amines is 1. The zero-order valence-electron chi connectivity index (χ0n) is 20.1. The molecule has 1 aliphatic rings. The molecule has 0 spiro atoms. The Morgan fingerprint density at radius 3 is 2.49 bits per heavy atom. The number of nitrogens with one attached hydrogen (secondary N) is 1. The van der Waals surface area contributed by atoms with Crippen molar-refractivity contribution in [3.05, 3.63) is 59.8 Å². The summed E-state index contributed by atoms with van der Waals surface area (Å²) in [5.41, 5.74) is 9.85. The molecule has 1 aliphatic heterocycles. The molecule has 3 aromatic rings. The average molecular weight is 500 g/mol. The van der Waals surface area contributed by atoms with Crippen LogP contribution in [-0.4, -0.2) is 66.4 Å². The number of aliphatic hydroxyl groups is 1. The van der Waals surface area contributed by atoms with Gasteiger partial charge in [0.1, 0.15) is 0 Å². The molecule has 188 valence electrons. The van der Waals surface area contributed by atoms with Crippen LogP contribution in [0, 0.1) is 0 Å². The third-order valence-corrected chi connectivity index (χ3v) is 8.72. The number of fused-ring (bicyclic) bond motifs is 1. The van der Waals surface area contributed by atoms with E-state index >= 15 is 0 Å². The highest BCUT2D eigenvalue weighted by atomic mass is 32.2. The van der Waals surface area contributed by atoms with Crippen LogP contribution in [0.2, 0.25) is 0 Å². The highest BCUT2D eigenvalue weighted by Crippen LogP contribution is 2.37. The molecular formula is C26H33N3O5S. The number of nitrogens with zero attached hydrogens (tertiary/aromatic N) is 1. The maximum absolute atomic E-state index is 12.8. The van der Waals surface area contributed by atoms with E-state index in [2.05, 4.69) is 11.1 Å². The number of rotatable bonds is 9. The van der Waals surface area contributed by atoms with E-state index in [1.165, 1.54) is 4.31 Å². The van der Waals surface area contributed by atoms with Crippen molar-refractivity contribution in [3.8, 4) is 11.1 Å². The monoisotopic (exact) mass is 499 g/mol. The van der Waals surface area contributed by atoms with Crippen LogP contribution in [-0.2, 0) is 14.8 Å². The van der Waals surface area contributed by atoms with Gasteiger partial charge in [-0.3, -0.25) is 4.79 Å². The van der Waals surface area contributed by atoms with E-state index < -0.39 is 28.1 Å². The van der Waals surface area contributed by atoms with Crippen LogP contribution in [0.5, 0.6) is 0 Å². The van der Waals surface area contributed by atoms with Crippen molar-refractivity contribution in [1.29, 1.82) is 0 Å². The van der Waals surface area contributed by atoms with Crippen LogP contribution in [0.3, 0.4) is 0 Å². The fourth-order valence-corrected chi connectivity index (χ4v) is 5.97. The number of aromatic nitrogens is 1. The van der Waals surface area contributed by atoms with Crippen LogP contribution >= 0.6 is 0 Å². The number of hydrogen-bond donors (Lipinski definition) is 3. The molecule has 9 heteroatoms. The van der Waals surface area contributed by atoms with Gasteiger partial charge in [0.05, 0.1) is 35.6 Å². The van der Waals surface area contributed by atoms with Gasteiger partial charge in [-0.15, -0.1) is 0 Å². The number of hydrogen-bond acceptors (Lipinski definition) is 5. The predicted molar refractivity (Wildman–Crippen MR) is 137 cm³/mol. The third-order valence-electron chi connectivity index (χ3n) is 6.88. The Kier molecular flexibility index (Phi) is 7.61.